The SMILES string of the molecule is Cc1cc(Nc2ncc(C)s2)nc(C2CCCCN2Cc2ccc(Cl)cn2)n1. The van der Waals surface area contributed by atoms with Crippen LogP contribution in [-0.4, -0.2) is 31.4 Å². The Morgan fingerprint density at radius 1 is 1.18 bits per heavy atom. The number of pyridine rings is 1. The minimum absolute atomic E-state index is 0.185. The van der Waals surface area contributed by atoms with Gasteiger partial charge >= 0.3 is 0 Å². The summed E-state index contributed by atoms with van der Waals surface area (Å²) in [6.45, 7) is 5.84. The predicted octanol–water partition coefficient (Wildman–Crippen LogP) is 5.07. The van der Waals surface area contributed by atoms with Gasteiger partial charge in [0.25, 0.3) is 0 Å². The summed E-state index contributed by atoms with van der Waals surface area (Å²) in [4.78, 5) is 22.0. The van der Waals surface area contributed by atoms with E-state index in [0.717, 1.165) is 47.7 Å². The molecule has 8 heteroatoms. The second-order valence-electron chi connectivity index (χ2n) is 7.10. The molecule has 4 heterocycles. The molecule has 0 spiro atoms. The van der Waals surface area contributed by atoms with Crippen molar-refractivity contribution in [2.45, 2.75) is 45.7 Å². The molecule has 0 bridgehead atoms. The second-order valence-corrected chi connectivity index (χ2v) is 8.77. The fourth-order valence-corrected chi connectivity index (χ4v) is 4.29. The van der Waals surface area contributed by atoms with E-state index in [-0.39, 0.29) is 6.04 Å². The molecule has 1 N–H and O–H groups in total. The molecule has 4 rings (SSSR count). The highest BCUT2D eigenvalue weighted by atomic mass is 35.5. The molecule has 1 unspecified atom stereocenters. The highest BCUT2D eigenvalue weighted by molar-refractivity contribution is 7.15. The molecular formula is C20H23ClN6S. The number of hydrogen-bond acceptors (Lipinski definition) is 7. The molecule has 0 saturated carbocycles. The highest BCUT2D eigenvalue weighted by Gasteiger charge is 2.27. The molecule has 0 aliphatic carbocycles. The first kappa shape index (κ1) is 19.2. The molecule has 28 heavy (non-hydrogen) atoms. The first-order chi connectivity index (χ1) is 13.6. The number of anilines is 2. The Morgan fingerprint density at radius 2 is 2.07 bits per heavy atom. The smallest absolute Gasteiger partial charge is 0.188 e. The summed E-state index contributed by atoms with van der Waals surface area (Å²) in [7, 11) is 0. The van der Waals surface area contributed by atoms with Crippen LogP contribution < -0.4 is 5.32 Å². The van der Waals surface area contributed by atoms with Crippen LogP contribution in [0.25, 0.3) is 0 Å². The van der Waals surface area contributed by atoms with Crippen LogP contribution in [0.4, 0.5) is 10.9 Å². The van der Waals surface area contributed by atoms with Crippen molar-refractivity contribution in [1.29, 1.82) is 0 Å². The maximum absolute atomic E-state index is 5.97. The lowest BCUT2D eigenvalue weighted by atomic mass is 10.0. The molecule has 146 valence electrons. The largest absolute Gasteiger partial charge is 0.316 e. The van der Waals surface area contributed by atoms with Crippen molar-refractivity contribution < 1.29 is 0 Å². The van der Waals surface area contributed by atoms with E-state index in [1.165, 1.54) is 17.7 Å². The molecule has 1 atom stereocenters. The summed E-state index contributed by atoms with van der Waals surface area (Å²) >= 11 is 7.60. The van der Waals surface area contributed by atoms with Gasteiger partial charge in [0, 0.05) is 35.6 Å². The monoisotopic (exact) mass is 414 g/mol. The van der Waals surface area contributed by atoms with Crippen molar-refractivity contribution in [2.24, 2.45) is 0 Å². The molecule has 1 aliphatic rings. The van der Waals surface area contributed by atoms with Crippen LogP contribution in [-0.2, 0) is 6.54 Å². The third kappa shape index (κ3) is 4.66. The normalized spacial score (nSPS) is 17.6. The lowest BCUT2D eigenvalue weighted by Crippen LogP contribution is -2.34. The number of aromatic nitrogens is 4. The fourth-order valence-electron chi connectivity index (χ4n) is 3.51. The molecule has 6 nitrogen and oxygen atoms in total. The van der Waals surface area contributed by atoms with E-state index in [0.29, 0.717) is 5.02 Å². The van der Waals surface area contributed by atoms with Gasteiger partial charge in [-0.25, -0.2) is 15.0 Å². The molecule has 0 radical (unpaired) electrons. The van der Waals surface area contributed by atoms with E-state index in [9.17, 15) is 0 Å². The Labute approximate surface area is 174 Å². The fraction of sp³-hybridized carbons (Fsp3) is 0.400. The topological polar surface area (TPSA) is 66.8 Å². The van der Waals surface area contributed by atoms with Crippen molar-refractivity contribution in [1.82, 2.24) is 24.8 Å². The van der Waals surface area contributed by atoms with Crippen LogP contribution >= 0.6 is 22.9 Å². The number of rotatable bonds is 5. The summed E-state index contributed by atoms with van der Waals surface area (Å²) in [5, 5.41) is 4.84. The number of piperidine rings is 1. The lowest BCUT2D eigenvalue weighted by Gasteiger charge is -2.34. The van der Waals surface area contributed by atoms with Gasteiger partial charge in [-0.05, 0) is 45.4 Å². The van der Waals surface area contributed by atoms with Gasteiger partial charge in [0.05, 0.1) is 16.8 Å². The Kier molecular flexibility index (Phi) is 5.85. The maximum atomic E-state index is 5.97. The number of hydrogen-bond donors (Lipinski definition) is 1. The van der Waals surface area contributed by atoms with E-state index >= 15 is 0 Å². The zero-order valence-corrected chi connectivity index (χ0v) is 17.6. The van der Waals surface area contributed by atoms with Crippen LogP contribution in [0.15, 0.2) is 30.6 Å². The first-order valence-corrected chi connectivity index (χ1v) is 10.7. The van der Waals surface area contributed by atoms with E-state index in [4.69, 9.17) is 21.6 Å². The van der Waals surface area contributed by atoms with Crippen molar-refractivity contribution >= 4 is 33.9 Å². The Morgan fingerprint density at radius 3 is 2.82 bits per heavy atom. The molecule has 1 saturated heterocycles. The Bertz CT molecular complexity index is 942. The number of likely N-dealkylation sites (tertiary alicyclic amines) is 1. The summed E-state index contributed by atoms with van der Waals surface area (Å²) in [6, 6.07) is 6.03. The second kappa shape index (κ2) is 8.51. The van der Waals surface area contributed by atoms with Crippen molar-refractivity contribution in [2.75, 3.05) is 11.9 Å². The van der Waals surface area contributed by atoms with Crippen molar-refractivity contribution in [3.63, 3.8) is 0 Å². The Hall–Kier alpha value is -2.09. The first-order valence-electron chi connectivity index (χ1n) is 9.46. The van der Waals surface area contributed by atoms with Crippen LogP contribution in [0.1, 0.15) is 47.4 Å². The van der Waals surface area contributed by atoms with Crippen LogP contribution in [0, 0.1) is 13.8 Å². The van der Waals surface area contributed by atoms with Gasteiger partial charge in [-0.2, -0.15) is 0 Å². The average Bonchev–Trinajstić information content (AvgIpc) is 3.08. The predicted molar refractivity (Wildman–Crippen MR) is 113 cm³/mol. The zero-order chi connectivity index (χ0) is 19.5. The number of thiazole rings is 1. The third-order valence-corrected chi connectivity index (χ3v) is 5.85. The van der Waals surface area contributed by atoms with E-state index in [2.05, 4.69) is 20.2 Å². The summed E-state index contributed by atoms with van der Waals surface area (Å²) in [6.07, 6.45) is 6.98. The lowest BCUT2D eigenvalue weighted by molar-refractivity contribution is 0.132. The molecule has 1 fully saturated rings. The molecule has 3 aromatic heterocycles. The number of halogens is 1. The summed E-state index contributed by atoms with van der Waals surface area (Å²) in [5.74, 6) is 1.66. The third-order valence-electron chi connectivity index (χ3n) is 4.79. The Balaban J connectivity index is 1.57. The maximum Gasteiger partial charge on any atom is 0.188 e. The van der Waals surface area contributed by atoms with E-state index < -0.39 is 0 Å². The molecule has 1 aliphatic heterocycles. The van der Waals surface area contributed by atoms with Crippen molar-refractivity contribution in [3.8, 4) is 0 Å². The van der Waals surface area contributed by atoms with Crippen LogP contribution in [0.2, 0.25) is 5.02 Å². The van der Waals surface area contributed by atoms with Gasteiger partial charge in [-0.3, -0.25) is 9.88 Å². The average molecular weight is 415 g/mol. The molecule has 3 aromatic rings. The van der Waals surface area contributed by atoms with Gasteiger partial charge in [0.15, 0.2) is 5.13 Å². The molecule has 0 aromatic carbocycles. The minimum Gasteiger partial charge on any atom is -0.316 e. The summed E-state index contributed by atoms with van der Waals surface area (Å²) < 4.78 is 0. The quantitative estimate of drug-likeness (QED) is 0.628. The zero-order valence-electron chi connectivity index (χ0n) is 16.0. The summed E-state index contributed by atoms with van der Waals surface area (Å²) in [5.41, 5.74) is 1.97. The van der Waals surface area contributed by atoms with Gasteiger partial charge < -0.3 is 5.32 Å². The number of aryl methyl sites for hydroxylation is 2. The van der Waals surface area contributed by atoms with Gasteiger partial charge in [0.1, 0.15) is 11.6 Å². The standard InChI is InChI=1S/C20H23ClN6S/c1-13-9-18(26-20-23-10-14(2)28-20)25-19(24-13)17-5-3-4-8-27(17)12-16-7-6-15(21)11-22-16/h6-7,9-11,17H,3-5,8,12H2,1-2H3,(H,23,24,25,26). The van der Waals surface area contributed by atoms with Gasteiger partial charge in [-0.1, -0.05) is 18.0 Å². The van der Waals surface area contributed by atoms with E-state index in [1.807, 2.05) is 38.2 Å². The highest BCUT2D eigenvalue weighted by Crippen LogP contribution is 2.31. The van der Waals surface area contributed by atoms with Crippen LogP contribution in [0.5, 0.6) is 0 Å². The minimum atomic E-state index is 0.185. The van der Waals surface area contributed by atoms with E-state index in [1.54, 1.807) is 17.5 Å². The number of nitrogens with zero attached hydrogens (tertiary/aromatic N) is 5. The van der Waals surface area contributed by atoms with Gasteiger partial charge in [0.2, 0.25) is 0 Å². The van der Waals surface area contributed by atoms with Crippen molar-refractivity contribution in [3.05, 3.63) is 57.7 Å². The van der Waals surface area contributed by atoms with Gasteiger partial charge in [-0.15, -0.1) is 11.3 Å². The molecule has 0 amide bonds. The van der Waals surface area contributed by atoms with Crippen LogP contribution in [0.3, 0.4) is 0 Å². The number of nitrogens with one attached hydrogen (secondary N) is 1. The molecular weight excluding hydrogens is 392 g/mol.